The first-order valence-corrected chi connectivity index (χ1v) is 11.8. The molecule has 3 aliphatic rings. The Kier molecular flexibility index (Phi) is 7.52. The second-order valence-corrected chi connectivity index (χ2v) is 9.69. The number of benzene rings is 1. The zero-order valence-electron chi connectivity index (χ0n) is 19.4. The largest absolute Gasteiger partial charge is 0.484 e. The molecule has 1 aromatic carbocycles. The molecule has 1 heterocycles. The summed E-state index contributed by atoms with van der Waals surface area (Å²) in [6, 6.07) is 5.66. The Morgan fingerprint density at radius 1 is 1.03 bits per heavy atom. The van der Waals surface area contributed by atoms with Gasteiger partial charge >= 0.3 is 6.18 Å². The van der Waals surface area contributed by atoms with Gasteiger partial charge in [0.15, 0.2) is 13.2 Å². The lowest BCUT2D eigenvalue weighted by molar-refractivity contribution is -0.141. The first kappa shape index (κ1) is 26.9. The van der Waals surface area contributed by atoms with Gasteiger partial charge in [0.2, 0.25) is 0 Å². The van der Waals surface area contributed by atoms with Crippen LogP contribution in [0.1, 0.15) is 37.8 Å². The molecule has 1 atom stereocenters. The number of rotatable bonds is 8. The molecule has 8 nitrogen and oxygen atoms in total. The molecule has 3 N–H and O–H groups in total. The van der Waals surface area contributed by atoms with Crippen molar-refractivity contribution in [3.63, 3.8) is 0 Å². The van der Waals surface area contributed by atoms with Crippen LogP contribution in [0.4, 0.5) is 17.6 Å². The van der Waals surface area contributed by atoms with Crippen molar-refractivity contribution in [2.24, 2.45) is 0 Å². The molecule has 13 heteroatoms. The fourth-order valence-electron chi connectivity index (χ4n) is 4.81. The molecule has 0 spiro atoms. The Bertz CT molecular complexity index is 1150. The Hall–Kier alpha value is -3.12. The molecule has 2 amide bonds. The zero-order valence-corrected chi connectivity index (χ0v) is 20.2. The highest BCUT2D eigenvalue weighted by Gasteiger charge is 2.55. The molecule has 3 fully saturated rings. The quantitative estimate of drug-likeness (QED) is 0.439. The smallest absolute Gasteiger partial charge is 0.433 e. The molecule has 2 aromatic rings. The molecular formula is C24H24ClF4N3O5. The summed E-state index contributed by atoms with van der Waals surface area (Å²) in [5, 5.41) is 16.5. The lowest BCUT2D eigenvalue weighted by Gasteiger charge is -2.56. The van der Waals surface area contributed by atoms with Crippen molar-refractivity contribution < 1.29 is 41.7 Å². The van der Waals surface area contributed by atoms with Crippen molar-refractivity contribution in [3.8, 4) is 11.5 Å². The highest BCUT2D eigenvalue weighted by molar-refractivity contribution is 6.30. The number of aliphatic hydroxyl groups is 1. The summed E-state index contributed by atoms with van der Waals surface area (Å²) in [6.07, 6.45) is -2.66. The van der Waals surface area contributed by atoms with E-state index < -0.39 is 53.3 Å². The maximum atomic E-state index is 13.5. The van der Waals surface area contributed by atoms with Crippen LogP contribution in [0.5, 0.6) is 11.5 Å². The Morgan fingerprint density at radius 3 is 2.22 bits per heavy atom. The summed E-state index contributed by atoms with van der Waals surface area (Å²) in [4.78, 5) is 28.3. The van der Waals surface area contributed by atoms with E-state index in [4.69, 9.17) is 21.1 Å². The Labute approximate surface area is 214 Å². The minimum absolute atomic E-state index is 0.00114. The van der Waals surface area contributed by atoms with Gasteiger partial charge in [0, 0.05) is 11.6 Å². The van der Waals surface area contributed by atoms with E-state index in [0.29, 0.717) is 25.7 Å². The molecule has 0 saturated heterocycles. The predicted octanol–water partition coefficient (Wildman–Crippen LogP) is 3.40. The van der Waals surface area contributed by atoms with Crippen molar-refractivity contribution >= 4 is 23.4 Å². The number of carbonyl (C=O) groups is 2. The lowest BCUT2D eigenvalue weighted by atomic mass is 9.60. The molecule has 5 rings (SSSR count). The Morgan fingerprint density at radius 2 is 1.65 bits per heavy atom. The van der Waals surface area contributed by atoms with Gasteiger partial charge in [0.1, 0.15) is 23.0 Å². The zero-order chi connectivity index (χ0) is 26.8. The van der Waals surface area contributed by atoms with Crippen LogP contribution in [0, 0.1) is 5.82 Å². The number of pyridine rings is 1. The normalized spacial score (nSPS) is 24.9. The molecule has 2 bridgehead atoms. The third kappa shape index (κ3) is 6.24. The molecule has 3 aliphatic carbocycles. The predicted molar refractivity (Wildman–Crippen MR) is 122 cm³/mol. The van der Waals surface area contributed by atoms with E-state index >= 15 is 0 Å². The molecule has 37 heavy (non-hydrogen) atoms. The highest BCUT2D eigenvalue weighted by atomic mass is 35.5. The topological polar surface area (TPSA) is 110 Å². The molecule has 0 aliphatic heterocycles. The fourth-order valence-corrected chi connectivity index (χ4v) is 4.92. The summed E-state index contributed by atoms with van der Waals surface area (Å²) in [5.41, 5.74) is -2.64. The average Bonchev–Trinajstić information content (AvgIpc) is 2.84. The number of carbonyl (C=O) groups excluding carboxylic acids is 2. The van der Waals surface area contributed by atoms with Crippen LogP contribution >= 0.6 is 11.6 Å². The minimum atomic E-state index is -4.58. The molecule has 200 valence electrons. The number of aliphatic hydroxyl groups excluding tert-OH is 1. The van der Waals surface area contributed by atoms with E-state index in [1.165, 1.54) is 12.1 Å². The van der Waals surface area contributed by atoms with Gasteiger partial charge in [0.05, 0.1) is 22.9 Å². The number of hydrogen-bond acceptors (Lipinski definition) is 6. The van der Waals surface area contributed by atoms with Crippen LogP contribution in [0.2, 0.25) is 5.02 Å². The lowest BCUT2D eigenvalue weighted by Crippen LogP contribution is -2.70. The summed E-state index contributed by atoms with van der Waals surface area (Å²) in [6.45, 7) is -0.817. The van der Waals surface area contributed by atoms with E-state index in [9.17, 15) is 32.3 Å². The van der Waals surface area contributed by atoms with Crippen molar-refractivity contribution in [2.75, 3.05) is 13.2 Å². The van der Waals surface area contributed by atoms with E-state index in [-0.39, 0.29) is 29.5 Å². The summed E-state index contributed by atoms with van der Waals surface area (Å²) >= 11 is 5.63. The average molecular weight is 546 g/mol. The number of hydrogen-bond donors (Lipinski definition) is 3. The van der Waals surface area contributed by atoms with E-state index in [1.54, 1.807) is 0 Å². The maximum Gasteiger partial charge on any atom is 0.433 e. The van der Waals surface area contributed by atoms with Gasteiger partial charge in [-0.3, -0.25) is 9.59 Å². The number of halogens is 5. The molecule has 0 radical (unpaired) electrons. The van der Waals surface area contributed by atoms with Crippen LogP contribution in [-0.4, -0.2) is 52.3 Å². The maximum absolute atomic E-state index is 13.5. The standard InChI is InChI=1S/C24H24ClF4N3O5/c25-16-3-1-14(9-17(16)26)36-12-20(34)31-22-5-7-23(8-6-22,19(33)10-22)32-21(35)13-37-15-2-4-18(30-11-15)24(27,28)29/h1-4,9,11,19,33H,5-8,10,12-13H2,(H,31,34)(H,32,35)/t19-,22?,23?/m0/s1. The number of nitrogens with one attached hydrogen (secondary N) is 2. The third-order valence-corrected chi connectivity index (χ3v) is 7.08. The minimum Gasteiger partial charge on any atom is -0.484 e. The van der Waals surface area contributed by atoms with Crippen molar-refractivity contribution in [1.29, 1.82) is 0 Å². The number of ether oxygens (including phenoxy) is 2. The monoisotopic (exact) mass is 545 g/mol. The van der Waals surface area contributed by atoms with Gasteiger partial charge in [-0.15, -0.1) is 0 Å². The third-order valence-electron chi connectivity index (χ3n) is 6.77. The van der Waals surface area contributed by atoms with Crippen LogP contribution in [-0.2, 0) is 15.8 Å². The van der Waals surface area contributed by atoms with E-state index in [2.05, 4.69) is 15.6 Å². The second kappa shape index (κ2) is 10.3. The Balaban J connectivity index is 1.26. The van der Waals surface area contributed by atoms with Gasteiger partial charge in [-0.25, -0.2) is 9.37 Å². The second-order valence-electron chi connectivity index (χ2n) is 9.28. The van der Waals surface area contributed by atoms with Gasteiger partial charge < -0.3 is 25.2 Å². The van der Waals surface area contributed by atoms with Gasteiger partial charge in [-0.05, 0) is 56.4 Å². The molecular weight excluding hydrogens is 522 g/mol. The van der Waals surface area contributed by atoms with Crippen LogP contribution in [0.25, 0.3) is 0 Å². The van der Waals surface area contributed by atoms with Crippen LogP contribution in [0.15, 0.2) is 36.5 Å². The molecule has 1 aromatic heterocycles. The van der Waals surface area contributed by atoms with Gasteiger partial charge in [-0.2, -0.15) is 13.2 Å². The summed E-state index contributed by atoms with van der Waals surface area (Å²) in [5.74, 6) is -1.49. The number of aromatic nitrogens is 1. The first-order chi connectivity index (χ1) is 17.4. The van der Waals surface area contributed by atoms with Crippen molar-refractivity contribution in [1.82, 2.24) is 15.6 Å². The molecule has 0 unspecified atom stereocenters. The molecule has 3 saturated carbocycles. The van der Waals surface area contributed by atoms with E-state index in [0.717, 1.165) is 24.4 Å². The van der Waals surface area contributed by atoms with Crippen molar-refractivity contribution in [2.45, 2.75) is 55.5 Å². The van der Waals surface area contributed by atoms with Gasteiger partial charge in [-0.1, -0.05) is 11.6 Å². The van der Waals surface area contributed by atoms with Gasteiger partial charge in [0.25, 0.3) is 11.8 Å². The van der Waals surface area contributed by atoms with E-state index in [1.807, 2.05) is 0 Å². The number of amides is 2. The number of alkyl halides is 3. The van der Waals surface area contributed by atoms with Crippen molar-refractivity contribution in [3.05, 3.63) is 53.1 Å². The summed E-state index contributed by atoms with van der Waals surface area (Å²) < 4.78 is 61.9. The number of fused-ring (bicyclic) bond motifs is 3. The first-order valence-electron chi connectivity index (χ1n) is 11.4. The highest BCUT2D eigenvalue weighted by Crippen LogP contribution is 2.47. The fraction of sp³-hybridized carbons (Fsp3) is 0.458. The SMILES string of the molecule is O=C(COc1ccc(Cl)c(F)c1)NC12CCC(NC(=O)COc3ccc(C(F)(F)F)nc3)(CC1)[C@@H](O)C2. The summed E-state index contributed by atoms with van der Waals surface area (Å²) in [7, 11) is 0. The van der Waals surface area contributed by atoms with Crippen LogP contribution in [0.3, 0.4) is 0 Å². The van der Waals surface area contributed by atoms with Crippen LogP contribution < -0.4 is 20.1 Å². The number of nitrogens with zero attached hydrogens (tertiary/aromatic N) is 1.